The summed E-state index contributed by atoms with van der Waals surface area (Å²) in [6, 6.07) is 7.90. The van der Waals surface area contributed by atoms with Crippen LogP contribution in [0.15, 0.2) is 39.4 Å². The van der Waals surface area contributed by atoms with Gasteiger partial charge in [-0.2, -0.15) is 4.31 Å². The van der Waals surface area contributed by atoms with Gasteiger partial charge in [0.1, 0.15) is 4.21 Å². The molecule has 11 heteroatoms. The van der Waals surface area contributed by atoms with Gasteiger partial charge in [0.25, 0.3) is 10.0 Å². The second kappa shape index (κ2) is 9.23. The molecule has 0 radical (unpaired) electrons. The van der Waals surface area contributed by atoms with E-state index in [4.69, 9.17) is 4.74 Å². The Morgan fingerprint density at radius 3 is 2.30 bits per heavy atom. The number of hydrogen-bond donors (Lipinski definition) is 1. The maximum absolute atomic E-state index is 13.0. The summed E-state index contributed by atoms with van der Waals surface area (Å²) in [7, 11) is -7.57. The van der Waals surface area contributed by atoms with Crippen LogP contribution in [0.25, 0.3) is 0 Å². The van der Waals surface area contributed by atoms with Gasteiger partial charge in [0, 0.05) is 31.1 Å². The fourth-order valence-corrected chi connectivity index (χ4v) is 7.13. The zero-order chi connectivity index (χ0) is 21.9. The number of ether oxygens (including phenoxy) is 1. The van der Waals surface area contributed by atoms with E-state index in [-0.39, 0.29) is 14.8 Å². The summed E-state index contributed by atoms with van der Waals surface area (Å²) in [5.41, 5.74) is 0.879. The first-order chi connectivity index (χ1) is 14.2. The molecular formula is C19H27N3O5S3. The largest absolute Gasteiger partial charge is 0.378 e. The minimum Gasteiger partial charge on any atom is -0.378 e. The van der Waals surface area contributed by atoms with Crippen molar-refractivity contribution >= 4 is 42.8 Å². The van der Waals surface area contributed by atoms with Crippen LogP contribution in [-0.2, 0) is 24.8 Å². The highest BCUT2D eigenvalue weighted by Crippen LogP contribution is 2.33. The third kappa shape index (κ3) is 4.80. The smallest absolute Gasteiger partial charge is 0.271 e. The van der Waals surface area contributed by atoms with Crippen molar-refractivity contribution in [2.75, 3.05) is 49.0 Å². The van der Waals surface area contributed by atoms with Crippen molar-refractivity contribution < 1.29 is 21.6 Å². The van der Waals surface area contributed by atoms with Gasteiger partial charge in [-0.05, 0) is 37.3 Å². The van der Waals surface area contributed by atoms with E-state index < -0.39 is 20.0 Å². The quantitative estimate of drug-likeness (QED) is 0.633. The number of thiophene rings is 1. The van der Waals surface area contributed by atoms with Crippen LogP contribution in [0.4, 0.5) is 11.4 Å². The van der Waals surface area contributed by atoms with Crippen molar-refractivity contribution in [1.82, 2.24) is 4.31 Å². The van der Waals surface area contributed by atoms with Gasteiger partial charge in [-0.15, -0.1) is 11.3 Å². The van der Waals surface area contributed by atoms with E-state index in [0.29, 0.717) is 45.1 Å². The van der Waals surface area contributed by atoms with Crippen molar-refractivity contribution in [3.05, 3.63) is 35.2 Å². The Hall–Kier alpha value is -1.66. The summed E-state index contributed by atoms with van der Waals surface area (Å²) in [6.45, 7) is 8.27. The summed E-state index contributed by atoms with van der Waals surface area (Å²) in [6.07, 6.45) is 0. The number of rotatable bonds is 8. The van der Waals surface area contributed by atoms with Gasteiger partial charge in [-0.1, -0.05) is 13.8 Å². The lowest BCUT2D eigenvalue weighted by Gasteiger charge is -2.31. The number of nitrogens with one attached hydrogen (secondary N) is 1. The Morgan fingerprint density at radius 2 is 1.73 bits per heavy atom. The highest BCUT2D eigenvalue weighted by Gasteiger charge is 2.26. The number of sulfonamides is 2. The molecule has 0 amide bonds. The maximum Gasteiger partial charge on any atom is 0.271 e. The average molecular weight is 474 g/mol. The molecule has 2 heterocycles. The van der Waals surface area contributed by atoms with E-state index >= 15 is 0 Å². The highest BCUT2D eigenvalue weighted by molar-refractivity contribution is 7.94. The molecule has 0 saturated carbocycles. The van der Waals surface area contributed by atoms with Crippen molar-refractivity contribution in [2.24, 2.45) is 0 Å². The molecule has 1 aliphatic rings. The predicted molar refractivity (Wildman–Crippen MR) is 119 cm³/mol. The summed E-state index contributed by atoms with van der Waals surface area (Å²) in [5.74, 6) is 0. The second-order valence-electron chi connectivity index (χ2n) is 6.84. The SMILES string of the molecule is CCN(CC)S(=O)(=O)c1ccc(N2CCOCC2)c(NS(=O)(=O)c2ccc(C)s2)c1. The van der Waals surface area contributed by atoms with Crippen LogP contribution in [0.5, 0.6) is 0 Å². The Kier molecular flexibility index (Phi) is 7.08. The summed E-state index contributed by atoms with van der Waals surface area (Å²) in [5, 5.41) is 0. The van der Waals surface area contributed by atoms with Crippen LogP contribution in [0.2, 0.25) is 0 Å². The van der Waals surface area contributed by atoms with Crippen LogP contribution in [0, 0.1) is 6.92 Å². The zero-order valence-corrected chi connectivity index (χ0v) is 19.7. The first kappa shape index (κ1) is 23.0. The first-order valence-electron chi connectivity index (χ1n) is 9.75. The number of aryl methyl sites for hydroxylation is 1. The van der Waals surface area contributed by atoms with Crippen molar-refractivity contribution in [1.29, 1.82) is 0 Å². The van der Waals surface area contributed by atoms with Gasteiger partial charge in [0.2, 0.25) is 10.0 Å². The molecule has 0 spiro atoms. The lowest BCUT2D eigenvalue weighted by Crippen LogP contribution is -2.37. The fourth-order valence-electron chi connectivity index (χ4n) is 3.30. The third-order valence-electron chi connectivity index (χ3n) is 4.89. The lowest BCUT2D eigenvalue weighted by atomic mass is 10.2. The molecule has 0 unspecified atom stereocenters. The monoisotopic (exact) mass is 473 g/mol. The van der Waals surface area contributed by atoms with Gasteiger partial charge in [-0.25, -0.2) is 16.8 Å². The standard InChI is InChI=1S/C19H27N3O5S3/c1-4-22(5-2)30(25,26)16-7-8-18(21-10-12-27-13-11-21)17(14-16)20-29(23,24)19-9-6-15(3)28-19/h6-9,14,20H,4-5,10-13H2,1-3H3. The molecule has 2 aromatic rings. The Balaban J connectivity index is 2.06. The van der Waals surface area contributed by atoms with Gasteiger partial charge in [0.05, 0.1) is 29.5 Å². The molecule has 1 aliphatic heterocycles. The van der Waals surface area contributed by atoms with Crippen LogP contribution < -0.4 is 9.62 Å². The minimum atomic E-state index is -3.85. The molecule has 0 bridgehead atoms. The van der Waals surface area contributed by atoms with Gasteiger partial charge < -0.3 is 9.64 Å². The minimum absolute atomic E-state index is 0.0586. The molecule has 8 nitrogen and oxygen atoms in total. The maximum atomic E-state index is 13.0. The van der Waals surface area contributed by atoms with E-state index in [1.165, 1.54) is 27.8 Å². The second-order valence-corrected chi connectivity index (χ2v) is 12.0. The Morgan fingerprint density at radius 1 is 1.07 bits per heavy atom. The topological polar surface area (TPSA) is 96.0 Å². The fraction of sp³-hybridized carbons (Fsp3) is 0.474. The third-order valence-corrected chi connectivity index (χ3v) is 9.79. The summed E-state index contributed by atoms with van der Waals surface area (Å²) < 4.78 is 61.4. The number of morpholine rings is 1. The molecule has 1 fully saturated rings. The molecule has 1 saturated heterocycles. The van der Waals surface area contributed by atoms with Crippen molar-refractivity contribution in [2.45, 2.75) is 29.9 Å². The van der Waals surface area contributed by atoms with E-state index in [1.54, 1.807) is 32.0 Å². The van der Waals surface area contributed by atoms with E-state index in [9.17, 15) is 16.8 Å². The number of anilines is 2. The summed E-state index contributed by atoms with van der Waals surface area (Å²) >= 11 is 1.17. The first-order valence-corrected chi connectivity index (χ1v) is 13.5. The summed E-state index contributed by atoms with van der Waals surface area (Å²) in [4.78, 5) is 2.93. The molecule has 166 valence electrons. The molecule has 1 N–H and O–H groups in total. The van der Waals surface area contributed by atoms with Crippen LogP contribution in [0.3, 0.4) is 0 Å². The molecular weight excluding hydrogens is 446 g/mol. The molecule has 3 rings (SSSR count). The van der Waals surface area contributed by atoms with Gasteiger partial charge in [0.15, 0.2) is 0 Å². The average Bonchev–Trinajstić information content (AvgIpc) is 3.16. The Labute approximate surface area is 182 Å². The number of nitrogens with zero attached hydrogens (tertiary/aromatic N) is 2. The zero-order valence-electron chi connectivity index (χ0n) is 17.3. The van der Waals surface area contributed by atoms with Crippen molar-refractivity contribution in [3.63, 3.8) is 0 Å². The van der Waals surface area contributed by atoms with E-state index in [2.05, 4.69) is 4.72 Å². The lowest BCUT2D eigenvalue weighted by molar-refractivity contribution is 0.123. The molecule has 0 aliphatic carbocycles. The molecule has 0 atom stereocenters. The van der Waals surface area contributed by atoms with Gasteiger partial charge >= 0.3 is 0 Å². The van der Waals surface area contributed by atoms with Crippen LogP contribution in [0.1, 0.15) is 18.7 Å². The molecule has 1 aromatic carbocycles. The molecule has 1 aromatic heterocycles. The van der Waals surface area contributed by atoms with E-state index in [0.717, 1.165) is 4.88 Å². The van der Waals surface area contributed by atoms with Crippen molar-refractivity contribution in [3.8, 4) is 0 Å². The predicted octanol–water partition coefficient (Wildman–Crippen LogP) is 2.72. The molecule has 30 heavy (non-hydrogen) atoms. The van der Waals surface area contributed by atoms with Crippen LogP contribution >= 0.6 is 11.3 Å². The van der Waals surface area contributed by atoms with E-state index in [1.807, 2.05) is 11.8 Å². The number of hydrogen-bond acceptors (Lipinski definition) is 7. The van der Waals surface area contributed by atoms with Crippen LogP contribution in [-0.4, -0.2) is 60.5 Å². The Bertz CT molecular complexity index is 1090. The number of benzene rings is 1. The normalized spacial score (nSPS) is 15.5. The van der Waals surface area contributed by atoms with Gasteiger partial charge in [-0.3, -0.25) is 4.72 Å². The highest BCUT2D eigenvalue weighted by atomic mass is 32.2.